The van der Waals surface area contributed by atoms with Crippen molar-refractivity contribution in [3.05, 3.63) is 65.1 Å². The van der Waals surface area contributed by atoms with Crippen molar-refractivity contribution in [3.8, 4) is 0 Å². The molecule has 1 aromatic heterocycles. The van der Waals surface area contributed by atoms with Gasteiger partial charge in [0.05, 0.1) is 0 Å². The molecule has 0 amide bonds. The third kappa shape index (κ3) is 1.99. The van der Waals surface area contributed by atoms with Crippen LogP contribution in [0.5, 0.6) is 0 Å². The largest absolute Gasteiger partial charge is 0.399 e. The average Bonchev–Trinajstić information content (AvgIpc) is 2.40. The Labute approximate surface area is 98.3 Å². The Kier molecular flexibility index (Phi) is 3.14. The molecule has 0 N–H and O–H groups in total. The van der Waals surface area contributed by atoms with E-state index in [0.29, 0.717) is 0 Å². The summed E-state index contributed by atoms with van der Waals surface area (Å²) in [6.45, 7) is 0. The average molecular weight is 260 g/mol. The van der Waals surface area contributed by atoms with Gasteiger partial charge in [-0.15, -0.1) is 0 Å². The first-order valence-corrected chi connectivity index (χ1v) is 4.72. The van der Waals surface area contributed by atoms with E-state index >= 15 is 0 Å². The van der Waals surface area contributed by atoms with E-state index in [2.05, 4.69) is 5.43 Å². The summed E-state index contributed by atoms with van der Waals surface area (Å²) >= 11 is 0. The van der Waals surface area contributed by atoms with Crippen LogP contribution in [-0.2, 0) is 0 Å². The van der Waals surface area contributed by atoms with Crippen LogP contribution in [0.1, 0.15) is 0 Å². The highest BCUT2D eigenvalue weighted by Crippen LogP contribution is 2.30. The fourth-order valence-electron chi connectivity index (χ4n) is 1.25. The number of hydrogen-bond donors (Lipinski definition) is 0. The van der Waals surface area contributed by atoms with Gasteiger partial charge in [-0.1, -0.05) is 6.07 Å². The minimum Gasteiger partial charge on any atom is -0.399 e. The van der Waals surface area contributed by atoms with Gasteiger partial charge < -0.3 is 5.43 Å². The number of hydrogen-bond acceptors (Lipinski definition) is 0. The number of benzene rings is 1. The second-order valence-electron chi connectivity index (χ2n) is 3.27. The van der Waals surface area contributed by atoms with Crippen molar-refractivity contribution < 1.29 is 26.6 Å². The van der Waals surface area contributed by atoms with Crippen molar-refractivity contribution in [2.24, 2.45) is 0 Å². The third-order valence-corrected chi connectivity index (χ3v) is 2.10. The summed E-state index contributed by atoms with van der Waals surface area (Å²) < 4.78 is 66.0. The van der Waals surface area contributed by atoms with Gasteiger partial charge in [-0.3, -0.25) is 0 Å². The minimum absolute atomic E-state index is 0.929. The molecule has 0 radical (unpaired) electrons. The van der Waals surface area contributed by atoms with Gasteiger partial charge in [0, 0.05) is 12.1 Å². The number of aromatic nitrogens is 1. The lowest BCUT2D eigenvalue weighted by Crippen LogP contribution is -2.27. The molecule has 2 nitrogen and oxygen atoms in total. The zero-order valence-corrected chi connectivity index (χ0v) is 8.67. The molecule has 0 saturated heterocycles. The van der Waals surface area contributed by atoms with Gasteiger partial charge in [-0.05, 0) is 5.69 Å². The van der Waals surface area contributed by atoms with E-state index in [0.717, 1.165) is 4.68 Å². The second kappa shape index (κ2) is 4.59. The molecule has 0 saturated carbocycles. The lowest BCUT2D eigenvalue weighted by atomic mass is 10.2. The summed E-state index contributed by atoms with van der Waals surface area (Å²) in [4.78, 5) is 0. The van der Waals surface area contributed by atoms with Gasteiger partial charge in [0.1, 0.15) is 0 Å². The van der Waals surface area contributed by atoms with Crippen LogP contribution in [0.25, 0.3) is 5.43 Å². The molecule has 18 heavy (non-hydrogen) atoms. The van der Waals surface area contributed by atoms with E-state index in [1.54, 1.807) is 6.07 Å². The molecule has 94 valence electrons. The third-order valence-electron chi connectivity index (χ3n) is 2.10. The maximum atomic E-state index is 13.3. The number of halogens is 5. The van der Waals surface area contributed by atoms with Gasteiger partial charge in [-0.25, -0.2) is 26.6 Å². The fraction of sp³-hybridized carbons (Fsp3) is 0. The lowest BCUT2D eigenvalue weighted by molar-refractivity contribution is -0.619. The quantitative estimate of drug-likeness (QED) is 0.342. The molecule has 7 heteroatoms. The highest BCUT2D eigenvalue weighted by molar-refractivity contribution is 5.49. The normalized spacial score (nSPS) is 10.5. The molecule has 1 aromatic carbocycles. The highest BCUT2D eigenvalue weighted by atomic mass is 19.2. The first-order valence-electron chi connectivity index (χ1n) is 4.72. The van der Waals surface area contributed by atoms with E-state index in [1.165, 1.54) is 24.5 Å². The Hall–Kier alpha value is -2.18. The first kappa shape index (κ1) is 12.3. The molecule has 0 aliphatic rings. The van der Waals surface area contributed by atoms with E-state index in [-0.39, 0.29) is 0 Å². The maximum Gasteiger partial charge on any atom is 0.200 e. The fourth-order valence-corrected chi connectivity index (χ4v) is 1.25. The highest BCUT2D eigenvalue weighted by Gasteiger charge is 2.22. The molecule has 0 bridgehead atoms. The molecule has 0 aliphatic carbocycles. The van der Waals surface area contributed by atoms with Gasteiger partial charge in [0.25, 0.3) is 0 Å². The topological polar surface area (TPSA) is 18.0 Å². The number of pyridine rings is 1. The first-order chi connectivity index (χ1) is 8.52. The van der Waals surface area contributed by atoms with Crippen molar-refractivity contribution in [2.45, 2.75) is 0 Å². The molecule has 2 rings (SSSR count). The molecule has 1 heterocycles. The predicted octanol–water partition coefficient (Wildman–Crippen LogP) is 3.14. The predicted molar refractivity (Wildman–Crippen MR) is 51.3 cm³/mol. The Morgan fingerprint density at radius 1 is 0.667 bits per heavy atom. The summed E-state index contributed by atoms with van der Waals surface area (Å²) in [5, 5.41) is 0. The van der Waals surface area contributed by atoms with E-state index in [1.807, 2.05) is 0 Å². The molecule has 0 aliphatic heterocycles. The molecule has 0 fully saturated rings. The van der Waals surface area contributed by atoms with E-state index in [4.69, 9.17) is 0 Å². The zero-order chi connectivity index (χ0) is 13.3. The van der Waals surface area contributed by atoms with Crippen molar-refractivity contribution in [1.82, 2.24) is 0 Å². The Balaban J connectivity index is 2.52. The molecular formula is C11H5F5N2. The monoisotopic (exact) mass is 260 g/mol. The van der Waals surface area contributed by atoms with Crippen molar-refractivity contribution in [3.63, 3.8) is 0 Å². The molecule has 2 aromatic rings. The van der Waals surface area contributed by atoms with Crippen LogP contribution in [-0.4, -0.2) is 0 Å². The minimum atomic E-state index is -2.21. The van der Waals surface area contributed by atoms with Gasteiger partial charge in [-0.2, -0.15) is 0 Å². The van der Waals surface area contributed by atoms with E-state index in [9.17, 15) is 22.0 Å². The van der Waals surface area contributed by atoms with Crippen molar-refractivity contribution in [2.75, 3.05) is 0 Å². The van der Waals surface area contributed by atoms with Crippen LogP contribution in [0.15, 0.2) is 30.6 Å². The van der Waals surface area contributed by atoms with Crippen LogP contribution < -0.4 is 4.68 Å². The van der Waals surface area contributed by atoms with Crippen LogP contribution in [0.3, 0.4) is 0 Å². The summed E-state index contributed by atoms with van der Waals surface area (Å²) in [5.41, 5.74) is 2.09. The van der Waals surface area contributed by atoms with E-state index < -0.39 is 34.8 Å². The zero-order valence-electron chi connectivity index (χ0n) is 8.67. The van der Waals surface area contributed by atoms with Gasteiger partial charge in [0.2, 0.25) is 0 Å². The molecule has 0 atom stereocenters. The summed E-state index contributed by atoms with van der Waals surface area (Å²) in [7, 11) is 0. The number of nitrogens with zero attached hydrogens (tertiary/aromatic N) is 2. The Bertz CT molecular complexity index is 557. The van der Waals surface area contributed by atoms with Gasteiger partial charge >= 0.3 is 0 Å². The molecule has 0 spiro atoms. The molecular weight excluding hydrogens is 255 g/mol. The number of rotatable bonds is 2. The summed E-state index contributed by atoms with van der Waals surface area (Å²) in [6, 6.07) is 4.57. The van der Waals surface area contributed by atoms with Crippen LogP contribution in [0.2, 0.25) is 0 Å². The van der Waals surface area contributed by atoms with Crippen molar-refractivity contribution >= 4 is 5.69 Å². The second-order valence-corrected chi connectivity index (χ2v) is 3.27. The standard InChI is InChI=1S/C11H5F5N2/c12-6-7(13)9(15)11(10(16)8(6)14)17-18-4-2-1-3-5-18/h1-5H. The smallest absolute Gasteiger partial charge is 0.200 e. The molecule has 0 unspecified atom stereocenters. The summed E-state index contributed by atoms with van der Waals surface area (Å²) in [6.07, 6.45) is 2.58. The lowest BCUT2D eigenvalue weighted by Gasteiger charge is -2.16. The van der Waals surface area contributed by atoms with Crippen LogP contribution >= 0.6 is 0 Å². The Morgan fingerprint density at radius 3 is 1.61 bits per heavy atom. The SMILES string of the molecule is Fc1c(F)c(F)c([N-][n+]2ccccc2)c(F)c1F. The van der Waals surface area contributed by atoms with Gasteiger partial charge in [0.15, 0.2) is 41.5 Å². The van der Waals surface area contributed by atoms with Crippen LogP contribution in [0, 0.1) is 29.1 Å². The van der Waals surface area contributed by atoms with Crippen LogP contribution in [0.4, 0.5) is 27.6 Å². The Morgan fingerprint density at radius 2 is 1.11 bits per heavy atom. The van der Waals surface area contributed by atoms with Crippen molar-refractivity contribution in [1.29, 1.82) is 0 Å². The summed E-state index contributed by atoms with van der Waals surface area (Å²) in [5.74, 6) is -10.2. The maximum absolute atomic E-state index is 13.3.